The Bertz CT molecular complexity index is 466. The van der Waals surface area contributed by atoms with Crippen LogP contribution < -0.4 is 5.32 Å². The topological polar surface area (TPSA) is 66.4 Å². The number of nitrogens with one attached hydrogen (secondary N) is 1. The number of carbonyl (C=O) groups is 2. The molecule has 0 radical (unpaired) electrons. The molecule has 1 aromatic carbocycles. The van der Waals surface area contributed by atoms with Crippen LogP contribution in [0.2, 0.25) is 0 Å². The minimum absolute atomic E-state index is 0.131. The minimum Gasteiger partial charge on any atom is -0.481 e. The summed E-state index contributed by atoms with van der Waals surface area (Å²) in [7, 11) is 0. The Hall–Kier alpha value is -2.10. The second-order valence-electron chi connectivity index (χ2n) is 4.23. The molecule has 1 aromatic rings. The molecule has 1 amide bonds. The summed E-state index contributed by atoms with van der Waals surface area (Å²) in [5.74, 6) is -1.79. The molecule has 2 N–H and O–H groups in total. The summed E-state index contributed by atoms with van der Waals surface area (Å²) < 4.78 is 0. The van der Waals surface area contributed by atoms with Gasteiger partial charge in [0, 0.05) is 12.6 Å². The smallest absolute Gasteiger partial charge is 0.308 e. The molecule has 0 fully saturated rings. The van der Waals surface area contributed by atoms with Crippen LogP contribution in [-0.2, 0) is 9.59 Å². The molecule has 0 bridgehead atoms. The van der Waals surface area contributed by atoms with E-state index in [4.69, 9.17) is 5.11 Å². The Morgan fingerprint density at radius 2 is 2.17 bits per heavy atom. The highest BCUT2D eigenvalue weighted by Gasteiger charge is 2.10. The van der Waals surface area contributed by atoms with Crippen LogP contribution in [0.3, 0.4) is 0 Å². The predicted molar refractivity (Wildman–Crippen MR) is 70.0 cm³/mol. The first-order chi connectivity index (χ1) is 8.49. The summed E-state index contributed by atoms with van der Waals surface area (Å²) in [5.41, 5.74) is 2.06. The standard InChI is InChI=1S/C14H17NO3/c1-10-4-3-5-12(8-10)6-7-13(16)15-9-11(2)14(17)18/h3-8,11H,9H2,1-2H3,(H,15,16)(H,17,18)/b7-6+. The Balaban J connectivity index is 2.47. The molecule has 0 aliphatic heterocycles. The summed E-state index contributed by atoms with van der Waals surface area (Å²) >= 11 is 0. The predicted octanol–water partition coefficient (Wildman–Crippen LogP) is 1.85. The molecular formula is C14H17NO3. The van der Waals surface area contributed by atoms with Crippen LogP contribution in [0.25, 0.3) is 6.08 Å². The fraction of sp³-hybridized carbons (Fsp3) is 0.286. The molecule has 0 saturated carbocycles. The van der Waals surface area contributed by atoms with Crippen LogP contribution in [-0.4, -0.2) is 23.5 Å². The third kappa shape index (κ3) is 4.82. The van der Waals surface area contributed by atoms with Crippen LogP contribution in [0.1, 0.15) is 18.1 Å². The molecule has 4 heteroatoms. The number of benzene rings is 1. The molecule has 1 atom stereocenters. The second-order valence-corrected chi connectivity index (χ2v) is 4.23. The van der Waals surface area contributed by atoms with Crippen molar-refractivity contribution in [3.8, 4) is 0 Å². The summed E-state index contributed by atoms with van der Waals surface area (Å²) in [6.07, 6.45) is 3.11. The highest BCUT2D eigenvalue weighted by molar-refractivity contribution is 5.91. The van der Waals surface area contributed by atoms with E-state index < -0.39 is 11.9 Å². The van der Waals surface area contributed by atoms with Gasteiger partial charge in [-0.25, -0.2) is 0 Å². The third-order valence-electron chi connectivity index (χ3n) is 2.47. The maximum absolute atomic E-state index is 11.4. The molecular weight excluding hydrogens is 230 g/mol. The average molecular weight is 247 g/mol. The number of hydrogen-bond donors (Lipinski definition) is 2. The molecule has 0 spiro atoms. The van der Waals surface area contributed by atoms with Crippen molar-refractivity contribution in [3.05, 3.63) is 41.5 Å². The number of hydrogen-bond acceptors (Lipinski definition) is 2. The minimum atomic E-state index is -0.919. The zero-order valence-electron chi connectivity index (χ0n) is 10.5. The van der Waals surface area contributed by atoms with E-state index in [1.807, 2.05) is 31.2 Å². The molecule has 1 rings (SSSR count). The number of aryl methyl sites for hydroxylation is 1. The van der Waals surface area contributed by atoms with Gasteiger partial charge in [-0.2, -0.15) is 0 Å². The fourth-order valence-electron chi connectivity index (χ4n) is 1.35. The van der Waals surface area contributed by atoms with Crippen LogP contribution in [0.4, 0.5) is 0 Å². The summed E-state index contributed by atoms with van der Waals surface area (Å²) in [5, 5.41) is 11.2. The average Bonchev–Trinajstić information content (AvgIpc) is 2.33. The molecule has 0 aliphatic rings. The zero-order valence-corrected chi connectivity index (χ0v) is 10.5. The van der Waals surface area contributed by atoms with E-state index in [2.05, 4.69) is 5.32 Å². The number of carbonyl (C=O) groups excluding carboxylic acids is 1. The van der Waals surface area contributed by atoms with E-state index in [9.17, 15) is 9.59 Å². The molecule has 96 valence electrons. The van der Waals surface area contributed by atoms with Crippen LogP contribution in [0.5, 0.6) is 0 Å². The Morgan fingerprint density at radius 3 is 2.78 bits per heavy atom. The Kier molecular flexibility index (Phi) is 5.11. The lowest BCUT2D eigenvalue weighted by Gasteiger charge is -2.05. The number of carboxylic acid groups (broad SMARTS) is 1. The fourth-order valence-corrected chi connectivity index (χ4v) is 1.35. The van der Waals surface area contributed by atoms with Gasteiger partial charge in [0.15, 0.2) is 0 Å². The highest BCUT2D eigenvalue weighted by Crippen LogP contribution is 2.05. The van der Waals surface area contributed by atoms with Gasteiger partial charge in [-0.05, 0) is 18.6 Å². The molecule has 1 unspecified atom stereocenters. The van der Waals surface area contributed by atoms with Gasteiger partial charge < -0.3 is 10.4 Å². The molecule has 0 aromatic heterocycles. The maximum atomic E-state index is 11.4. The SMILES string of the molecule is Cc1cccc(/C=C/C(=O)NCC(C)C(=O)O)c1. The molecule has 0 saturated heterocycles. The van der Waals surface area contributed by atoms with Gasteiger partial charge in [0.25, 0.3) is 0 Å². The molecule has 0 aliphatic carbocycles. The van der Waals surface area contributed by atoms with Crippen molar-refractivity contribution in [1.82, 2.24) is 5.32 Å². The second kappa shape index (κ2) is 6.59. The van der Waals surface area contributed by atoms with E-state index in [0.29, 0.717) is 0 Å². The lowest BCUT2D eigenvalue weighted by Crippen LogP contribution is -2.30. The van der Waals surface area contributed by atoms with E-state index in [1.54, 1.807) is 13.0 Å². The lowest BCUT2D eigenvalue weighted by molar-refractivity contribution is -0.141. The Morgan fingerprint density at radius 1 is 1.44 bits per heavy atom. The van der Waals surface area contributed by atoms with E-state index in [0.717, 1.165) is 11.1 Å². The maximum Gasteiger partial charge on any atom is 0.308 e. The van der Waals surface area contributed by atoms with Crippen LogP contribution in [0.15, 0.2) is 30.3 Å². The first kappa shape index (κ1) is 14.0. The van der Waals surface area contributed by atoms with E-state index >= 15 is 0 Å². The first-order valence-electron chi connectivity index (χ1n) is 5.74. The summed E-state index contributed by atoms with van der Waals surface area (Å²) in [4.78, 5) is 22.0. The van der Waals surface area contributed by atoms with Gasteiger partial charge in [0.2, 0.25) is 5.91 Å². The van der Waals surface area contributed by atoms with Crippen molar-refractivity contribution in [2.45, 2.75) is 13.8 Å². The zero-order chi connectivity index (χ0) is 13.5. The molecule has 18 heavy (non-hydrogen) atoms. The van der Waals surface area contributed by atoms with Crippen LogP contribution >= 0.6 is 0 Å². The van der Waals surface area contributed by atoms with E-state index in [-0.39, 0.29) is 12.5 Å². The van der Waals surface area contributed by atoms with E-state index in [1.165, 1.54) is 6.08 Å². The quantitative estimate of drug-likeness (QED) is 0.780. The summed E-state index contributed by atoms with van der Waals surface area (Å²) in [6, 6.07) is 7.76. The normalized spacial score (nSPS) is 12.3. The monoisotopic (exact) mass is 247 g/mol. The van der Waals surface area contributed by atoms with Crippen molar-refractivity contribution >= 4 is 18.0 Å². The van der Waals surface area contributed by atoms with Gasteiger partial charge >= 0.3 is 5.97 Å². The molecule has 0 heterocycles. The third-order valence-corrected chi connectivity index (χ3v) is 2.47. The van der Waals surface area contributed by atoms with Crippen molar-refractivity contribution < 1.29 is 14.7 Å². The Labute approximate surface area is 106 Å². The van der Waals surface area contributed by atoms with Crippen molar-refractivity contribution in [2.24, 2.45) is 5.92 Å². The van der Waals surface area contributed by atoms with Crippen molar-refractivity contribution in [2.75, 3.05) is 6.54 Å². The lowest BCUT2D eigenvalue weighted by atomic mass is 10.1. The first-order valence-corrected chi connectivity index (χ1v) is 5.74. The van der Waals surface area contributed by atoms with Crippen LogP contribution in [0, 0.1) is 12.8 Å². The van der Waals surface area contributed by atoms with Gasteiger partial charge in [-0.15, -0.1) is 0 Å². The van der Waals surface area contributed by atoms with Gasteiger partial charge in [-0.3, -0.25) is 9.59 Å². The number of amides is 1. The highest BCUT2D eigenvalue weighted by atomic mass is 16.4. The van der Waals surface area contributed by atoms with Gasteiger partial charge in [0.1, 0.15) is 0 Å². The van der Waals surface area contributed by atoms with Crippen molar-refractivity contribution in [3.63, 3.8) is 0 Å². The number of aliphatic carboxylic acids is 1. The van der Waals surface area contributed by atoms with Crippen molar-refractivity contribution in [1.29, 1.82) is 0 Å². The number of carboxylic acids is 1. The largest absolute Gasteiger partial charge is 0.481 e. The summed E-state index contributed by atoms with van der Waals surface area (Å²) in [6.45, 7) is 3.66. The molecule has 4 nitrogen and oxygen atoms in total. The van der Waals surface area contributed by atoms with Gasteiger partial charge in [0.05, 0.1) is 5.92 Å². The number of rotatable bonds is 5. The van der Waals surface area contributed by atoms with Gasteiger partial charge in [-0.1, -0.05) is 36.8 Å².